The highest BCUT2D eigenvalue weighted by atomic mass is 79.9. The van der Waals surface area contributed by atoms with Crippen molar-refractivity contribution in [2.75, 3.05) is 19.8 Å². The lowest BCUT2D eigenvalue weighted by atomic mass is 10.0. The molecule has 116 valence electrons. The molecule has 0 spiro atoms. The van der Waals surface area contributed by atoms with Crippen LogP contribution in [0.1, 0.15) is 25.0 Å². The van der Waals surface area contributed by atoms with Crippen LogP contribution in [0.25, 0.3) is 0 Å². The molecule has 1 aliphatic rings. The van der Waals surface area contributed by atoms with Gasteiger partial charge in [-0.1, -0.05) is 0 Å². The Balaban J connectivity index is 2.25. The number of aliphatic hydroxyl groups is 1. The van der Waals surface area contributed by atoms with Gasteiger partial charge in [0.1, 0.15) is 12.1 Å². The summed E-state index contributed by atoms with van der Waals surface area (Å²) in [4.78, 5) is 11.6. The average molecular weight is 360 g/mol. The summed E-state index contributed by atoms with van der Waals surface area (Å²) in [6.07, 6.45) is -0.404. The Bertz CT molecular complexity index is 522. The summed E-state index contributed by atoms with van der Waals surface area (Å²) in [5, 5.41) is 10.2. The van der Waals surface area contributed by atoms with Crippen molar-refractivity contribution in [3.8, 4) is 11.5 Å². The Kier molecular flexibility index (Phi) is 5.44. The van der Waals surface area contributed by atoms with Gasteiger partial charge in [0.2, 0.25) is 0 Å². The number of hydrogen-bond donors (Lipinski definition) is 2. The third kappa shape index (κ3) is 3.66. The molecule has 0 fully saturated rings. The minimum absolute atomic E-state index is 0.212. The van der Waals surface area contributed by atoms with Gasteiger partial charge in [0.15, 0.2) is 11.5 Å². The highest BCUT2D eigenvalue weighted by Crippen LogP contribution is 2.39. The molecule has 0 amide bonds. The number of hydrogen-bond acceptors (Lipinski definition) is 6. The molecule has 7 heteroatoms. The molecule has 0 saturated carbocycles. The van der Waals surface area contributed by atoms with Crippen LogP contribution in [-0.2, 0) is 9.53 Å². The summed E-state index contributed by atoms with van der Waals surface area (Å²) < 4.78 is 16.6. The third-order valence-corrected chi connectivity index (χ3v) is 3.65. The Labute approximate surface area is 131 Å². The first kappa shape index (κ1) is 16.1. The summed E-state index contributed by atoms with van der Waals surface area (Å²) in [7, 11) is 0. The third-order valence-electron chi connectivity index (χ3n) is 3.06. The quantitative estimate of drug-likeness (QED) is 0.792. The van der Waals surface area contributed by atoms with E-state index in [0.29, 0.717) is 34.7 Å². The fourth-order valence-corrected chi connectivity index (χ4v) is 2.57. The normalized spacial score (nSPS) is 16.8. The number of nitrogens with two attached hydrogens (primary N) is 1. The molecule has 0 aromatic heterocycles. The molecule has 1 heterocycles. The van der Waals surface area contributed by atoms with E-state index >= 15 is 0 Å². The summed E-state index contributed by atoms with van der Waals surface area (Å²) in [6, 6.07) is 2.15. The first-order valence-corrected chi connectivity index (χ1v) is 7.53. The molecule has 0 radical (unpaired) electrons. The summed E-state index contributed by atoms with van der Waals surface area (Å²) in [5.74, 6) is 0.466. The van der Waals surface area contributed by atoms with Gasteiger partial charge in [-0.3, -0.25) is 4.79 Å². The Hall–Kier alpha value is -1.31. The minimum atomic E-state index is -1.18. The minimum Gasteiger partial charge on any atom is -0.490 e. The molecule has 3 N–H and O–H groups in total. The van der Waals surface area contributed by atoms with Crippen molar-refractivity contribution in [2.24, 2.45) is 5.73 Å². The van der Waals surface area contributed by atoms with Crippen LogP contribution in [-0.4, -0.2) is 36.9 Å². The van der Waals surface area contributed by atoms with E-state index in [4.69, 9.17) is 19.9 Å². The van der Waals surface area contributed by atoms with Crippen LogP contribution in [0.2, 0.25) is 0 Å². The molecular formula is C14H18BrNO5. The van der Waals surface area contributed by atoms with Gasteiger partial charge < -0.3 is 25.1 Å². The number of halogens is 1. The lowest BCUT2D eigenvalue weighted by molar-refractivity contribution is -0.147. The molecule has 0 saturated heterocycles. The Morgan fingerprint density at radius 3 is 2.90 bits per heavy atom. The standard InChI is InChI=1S/C14H18BrNO5/c1-2-19-14(18)11(16)12(17)8-6-9(15)13-10(7-8)20-4-3-5-21-13/h6-7,11-12,17H,2-5,16H2,1H3. The van der Waals surface area contributed by atoms with Gasteiger partial charge >= 0.3 is 5.97 Å². The molecule has 21 heavy (non-hydrogen) atoms. The molecule has 2 unspecified atom stereocenters. The maximum absolute atomic E-state index is 11.6. The van der Waals surface area contributed by atoms with Crippen LogP contribution in [0.4, 0.5) is 0 Å². The molecule has 0 aliphatic carbocycles. The Morgan fingerprint density at radius 2 is 2.19 bits per heavy atom. The van der Waals surface area contributed by atoms with Gasteiger partial charge in [-0.15, -0.1) is 0 Å². The number of benzene rings is 1. The number of fused-ring (bicyclic) bond motifs is 1. The fourth-order valence-electron chi connectivity index (χ4n) is 2.00. The van der Waals surface area contributed by atoms with Gasteiger partial charge in [0.05, 0.1) is 24.3 Å². The van der Waals surface area contributed by atoms with E-state index < -0.39 is 18.1 Å². The Morgan fingerprint density at radius 1 is 1.48 bits per heavy atom. The molecular weight excluding hydrogens is 342 g/mol. The van der Waals surface area contributed by atoms with Crippen LogP contribution < -0.4 is 15.2 Å². The van der Waals surface area contributed by atoms with E-state index in [1.807, 2.05) is 0 Å². The SMILES string of the molecule is CCOC(=O)C(N)C(O)c1cc(Br)c2c(c1)OCCCO2. The van der Waals surface area contributed by atoms with Crippen molar-refractivity contribution >= 4 is 21.9 Å². The van der Waals surface area contributed by atoms with Gasteiger partial charge in [0, 0.05) is 6.42 Å². The fraction of sp³-hybridized carbons (Fsp3) is 0.500. The predicted molar refractivity (Wildman–Crippen MR) is 79.3 cm³/mol. The number of rotatable bonds is 4. The van der Waals surface area contributed by atoms with Crippen molar-refractivity contribution in [1.82, 2.24) is 0 Å². The number of carbonyl (C=O) groups excluding carboxylic acids is 1. The van der Waals surface area contributed by atoms with E-state index in [2.05, 4.69) is 15.9 Å². The van der Waals surface area contributed by atoms with Crippen molar-refractivity contribution in [1.29, 1.82) is 0 Å². The maximum Gasteiger partial charge on any atom is 0.325 e. The first-order chi connectivity index (χ1) is 10.0. The van der Waals surface area contributed by atoms with Crippen LogP contribution in [0.5, 0.6) is 11.5 Å². The van der Waals surface area contributed by atoms with E-state index in [9.17, 15) is 9.90 Å². The lowest BCUT2D eigenvalue weighted by Crippen LogP contribution is -2.38. The smallest absolute Gasteiger partial charge is 0.325 e. The topological polar surface area (TPSA) is 91.0 Å². The van der Waals surface area contributed by atoms with E-state index in [1.54, 1.807) is 19.1 Å². The zero-order chi connectivity index (χ0) is 15.4. The highest BCUT2D eigenvalue weighted by molar-refractivity contribution is 9.10. The average Bonchev–Trinajstić information content (AvgIpc) is 2.71. The predicted octanol–water partition coefficient (Wildman–Crippen LogP) is 1.53. The first-order valence-electron chi connectivity index (χ1n) is 6.74. The second kappa shape index (κ2) is 7.11. The number of carbonyl (C=O) groups is 1. The second-order valence-corrected chi connectivity index (χ2v) is 5.46. The zero-order valence-electron chi connectivity index (χ0n) is 11.7. The number of esters is 1. The summed E-state index contributed by atoms with van der Waals surface area (Å²) in [5.41, 5.74) is 6.19. The maximum atomic E-state index is 11.6. The van der Waals surface area contributed by atoms with E-state index in [0.717, 1.165) is 6.42 Å². The van der Waals surface area contributed by atoms with Crippen molar-refractivity contribution in [3.63, 3.8) is 0 Å². The summed E-state index contributed by atoms with van der Waals surface area (Å²) in [6.45, 7) is 2.99. The highest BCUT2D eigenvalue weighted by Gasteiger charge is 2.27. The number of aliphatic hydroxyl groups excluding tert-OH is 1. The zero-order valence-corrected chi connectivity index (χ0v) is 13.3. The van der Waals surface area contributed by atoms with Crippen molar-refractivity contribution in [3.05, 3.63) is 22.2 Å². The van der Waals surface area contributed by atoms with Gasteiger partial charge in [-0.05, 0) is 40.5 Å². The van der Waals surface area contributed by atoms with Crippen LogP contribution in [0.15, 0.2) is 16.6 Å². The van der Waals surface area contributed by atoms with E-state index in [1.165, 1.54) is 0 Å². The lowest BCUT2D eigenvalue weighted by Gasteiger charge is -2.19. The van der Waals surface area contributed by atoms with E-state index in [-0.39, 0.29) is 6.61 Å². The van der Waals surface area contributed by atoms with Gasteiger partial charge in [-0.2, -0.15) is 0 Å². The van der Waals surface area contributed by atoms with Crippen molar-refractivity contribution in [2.45, 2.75) is 25.5 Å². The molecule has 2 rings (SSSR count). The largest absolute Gasteiger partial charge is 0.490 e. The molecule has 6 nitrogen and oxygen atoms in total. The second-order valence-electron chi connectivity index (χ2n) is 4.60. The molecule has 1 aromatic rings. The van der Waals surface area contributed by atoms with Crippen LogP contribution in [0, 0.1) is 0 Å². The molecule has 1 aromatic carbocycles. The molecule has 1 aliphatic heterocycles. The van der Waals surface area contributed by atoms with Crippen LogP contribution >= 0.6 is 15.9 Å². The summed E-state index contributed by atoms with van der Waals surface area (Å²) >= 11 is 3.38. The van der Waals surface area contributed by atoms with Gasteiger partial charge in [-0.25, -0.2) is 0 Å². The monoisotopic (exact) mass is 359 g/mol. The van der Waals surface area contributed by atoms with Crippen LogP contribution in [0.3, 0.4) is 0 Å². The van der Waals surface area contributed by atoms with Crippen molar-refractivity contribution < 1.29 is 24.1 Å². The molecule has 0 bridgehead atoms. The van der Waals surface area contributed by atoms with Gasteiger partial charge in [0.25, 0.3) is 0 Å². The number of ether oxygens (including phenoxy) is 3. The molecule has 2 atom stereocenters.